The summed E-state index contributed by atoms with van der Waals surface area (Å²) in [5.74, 6) is -0.323. The fourth-order valence-corrected chi connectivity index (χ4v) is 5.02. The van der Waals surface area contributed by atoms with Gasteiger partial charge in [0.05, 0.1) is 16.5 Å². The summed E-state index contributed by atoms with van der Waals surface area (Å²) in [6.45, 7) is 2.15. The van der Waals surface area contributed by atoms with E-state index in [9.17, 15) is 9.59 Å². The summed E-state index contributed by atoms with van der Waals surface area (Å²) in [5, 5.41) is 4.94. The molecule has 0 radical (unpaired) electrons. The summed E-state index contributed by atoms with van der Waals surface area (Å²) < 4.78 is 0. The highest BCUT2D eigenvalue weighted by molar-refractivity contribution is 6.42. The van der Waals surface area contributed by atoms with Gasteiger partial charge in [-0.05, 0) is 54.7 Å². The molecule has 2 amide bonds. The van der Waals surface area contributed by atoms with Gasteiger partial charge in [0.1, 0.15) is 6.04 Å². The predicted molar refractivity (Wildman–Crippen MR) is 136 cm³/mol. The number of rotatable bonds is 8. The fourth-order valence-electron chi connectivity index (χ4n) is 4.23. The summed E-state index contributed by atoms with van der Waals surface area (Å²) in [5.41, 5.74) is 1.46. The number of nitrogens with one attached hydrogen (secondary N) is 1. The average molecular weight is 530 g/mol. The third-order valence-electron chi connectivity index (χ3n) is 6.03. The van der Waals surface area contributed by atoms with E-state index in [2.05, 4.69) is 5.32 Å². The second-order valence-corrected chi connectivity index (χ2v) is 10.1. The van der Waals surface area contributed by atoms with Crippen LogP contribution in [0.5, 0.6) is 0 Å². The number of carbonyl (C=O) groups excluding carboxylic acids is 2. The lowest BCUT2D eigenvalue weighted by Gasteiger charge is -2.33. The molecule has 1 fully saturated rings. The lowest BCUT2D eigenvalue weighted by Crippen LogP contribution is -2.52. The smallest absolute Gasteiger partial charge is 0.243 e. The maximum Gasteiger partial charge on any atom is 0.243 e. The van der Waals surface area contributed by atoms with Crippen LogP contribution in [-0.4, -0.2) is 28.8 Å². The number of hydrogen-bond acceptors (Lipinski definition) is 2. The van der Waals surface area contributed by atoms with Crippen molar-refractivity contribution in [2.24, 2.45) is 0 Å². The number of halogens is 4. The van der Waals surface area contributed by atoms with E-state index in [-0.39, 0.29) is 30.8 Å². The summed E-state index contributed by atoms with van der Waals surface area (Å²) in [6.07, 6.45) is 5.93. The average Bonchev–Trinajstić information content (AvgIpc) is 2.78. The maximum absolute atomic E-state index is 13.5. The summed E-state index contributed by atoms with van der Waals surface area (Å²) in [6, 6.07) is 9.84. The molecule has 0 heterocycles. The van der Waals surface area contributed by atoms with E-state index in [0.29, 0.717) is 32.1 Å². The molecule has 33 heavy (non-hydrogen) atoms. The van der Waals surface area contributed by atoms with Crippen LogP contribution in [0.2, 0.25) is 20.1 Å². The second kappa shape index (κ2) is 12.3. The van der Waals surface area contributed by atoms with Crippen molar-refractivity contribution in [3.05, 3.63) is 67.6 Å². The van der Waals surface area contributed by atoms with Crippen LogP contribution in [0.4, 0.5) is 0 Å². The molecule has 0 spiro atoms. The topological polar surface area (TPSA) is 49.4 Å². The highest BCUT2D eigenvalue weighted by atomic mass is 35.5. The van der Waals surface area contributed by atoms with E-state index in [1.54, 1.807) is 35.2 Å². The molecule has 4 nitrogen and oxygen atoms in total. The van der Waals surface area contributed by atoms with Crippen molar-refractivity contribution < 1.29 is 9.59 Å². The van der Waals surface area contributed by atoms with Crippen molar-refractivity contribution >= 4 is 58.2 Å². The van der Waals surface area contributed by atoms with Gasteiger partial charge in [0.25, 0.3) is 0 Å². The van der Waals surface area contributed by atoms with Gasteiger partial charge in [0.2, 0.25) is 11.8 Å². The zero-order chi connectivity index (χ0) is 24.0. The second-order valence-electron chi connectivity index (χ2n) is 8.45. The van der Waals surface area contributed by atoms with Crippen LogP contribution in [0.25, 0.3) is 0 Å². The first-order valence-corrected chi connectivity index (χ1v) is 12.8. The third kappa shape index (κ3) is 7.26. The number of amides is 2. The Bertz CT molecular complexity index is 992. The van der Waals surface area contributed by atoms with Gasteiger partial charge in [-0.1, -0.05) is 84.7 Å². The van der Waals surface area contributed by atoms with Crippen LogP contribution in [-0.2, 0) is 22.6 Å². The van der Waals surface area contributed by atoms with Crippen molar-refractivity contribution in [2.45, 2.75) is 70.5 Å². The Morgan fingerprint density at radius 2 is 1.70 bits per heavy atom. The summed E-state index contributed by atoms with van der Waals surface area (Å²) >= 11 is 24.6. The van der Waals surface area contributed by atoms with Crippen molar-refractivity contribution in [1.82, 2.24) is 10.2 Å². The van der Waals surface area contributed by atoms with Gasteiger partial charge >= 0.3 is 0 Å². The molecule has 1 aliphatic rings. The molecule has 1 N–H and O–H groups in total. The molecule has 178 valence electrons. The van der Waals surface area contributed by atoms with Gasteiger partial charge < -0.3 is 10.2 Å². The van der Waals surface area contributed by atoms with Gasteiger partial charge in [-0.3, -0.25) is 9.59 Å². The number of benzene rings is 2. The number of nitrogens with zero attached hydrogens (tertiary/aromatic N) is 1. The largest absolute Gasteiger partial charge is 0.352 e. The first kappa shape index (κ1) is 26.2. The van der Waals surface area contributed by atoms with Gasteiger partial charge in [0.15, 0.2) is 0 Å². The minimum Gasteiger partial charge on any atom is -0.352 e. The van der Waals surface area contributed by atoms with Crippen LogP contribution >= 0.6 is 46.4 Å². The Kier molecular flexibility index (Phi) is 9.75. The molecule has 3 rings (SSSR count). The summed E-state index contributed by atoms with van der Waals surface area (Å²) in [7, 11) is 0. The normalized spacial score (nSPS) is 15.2. The first-order chi connectivity index (χ1) is 15.8. The maximum atomic E-state index is 13.5. The van der Waals surface area contributed by atoms with Crippen molar-refractivity contribution in [3.8, 4) is 0 Å². The Balaban J connectivity index is 1.85. The number of carbonyl (C=O) groups is 2. The van der Waals surface area contributed by atoms with E-state index < -0.39 is 6.04 Å². The first-order valence-electron chi connectivity index (χ1n) is 11.3. The van der Waals surface area contributed by atoms with Crippen molar-refractivity contribution in [1.29, 1.82) is 0 Å². The fraction of sp³-hybridized carbons (Fsp3) is 0.440. The molecule has 1 atom stereocenters. The molecule has 0 aliphatic heterocycles. The minimum atomic E-state index is -0.611. The Hall–Kier alpha value is -1.46. The van der Waals surface area contributed by atoms with Gasteiger partial charge in [-0.25, -0.2) is 0 Å². The van der Waals surface area contributed by atoms with Crippen molar-refractivity contribution in [3.63, 3.8) is 0 Å². The molecular weight excluding hydrogens is 502 g/mol. The highest BCUT2D eigenvalue weighted by Gasteiger charge is 2.30. The Morgan fingerprint density at radius 1 is 0.970 bits per heavy atom. The third-order valence-corrected chi connectivity index (χ3v) is 7.36. The van der Waals surface area contributed by atoms with Gasteiger partial charge in [0, 0.05) is 22.6 Å². The van der Waals surface area contributed by atoms with E-state index in [1.807, 2.05) is 13.0 Å². The molecule has 8 heteroatoms. The van der Waals surface area contributed by atoms with Crippen LogP contribution in [0.3, 0.4) is 0 Å². The van der Waals surface area contributed by atoms with E-state index in [1.165, 1.54) is 6.42 Å². The monoisotopic (exact) mass is 528 g/mol. The highest BCUT2D eigenvalue weighted by Crippen LogP contribution is 2.26. The Morgan fingerprint density at radius 3 is 2.33 bits per heavy atom. The molecule has 0 saturated heterocycles. The lowest BCUT2D eigenvalue weighted by molar-refractivity contribution is -0.141. The molecule has 0 aromatic heterocycles. The summed E-state index contributed by atoms with van der Waals surface area (Å²) in [4.78, 5) is 28.4. The van der Waals surface area contributed by atoms with E-state index in [4.69, 9.17) is 46.4 Å². The van der Waals surface area contributed by atoms with Gasteiger partial charge in [-0.15, -0.1) is 0 Å². The number of hydrogen-bond donors (Lipinski definition) is 1. The predicted octanol–water partition coefficient (Wildman–Crippen LogP) is 7.10. The van der Waals surface area contributed by atoms with Crippen LogP contribution in [0, 0.1) is 0 Å². The van der Waals surface area contributed by atoms with Gasteiger partial charge in [-0.2, -0.15) is 0 Å². The van der Waals surface area contributed by atoms with E-state index >= 15 is 0 Å². The molecule has 0 bridgehead atoms. The molecule has 0 unspecified atom stereocenters. The zero-order valence-corrected chi connectivity index (χ0v) is 21.6. The minimum absolute atomic E-state index is 0.0601. The molecular formula is C25H28Cl4N2O2. The van der Waals surface area contributed by atoms with Crippen LogP contribution < -0.4 is 5.32 Å². The van der Waals surface area contributed by atoms with Crippen LogP contribution in [0.15, 0.2) is 36.4 Å². The quantitative estimate of drug-likeness (QED) is 0.396. The molecule has 2 aromatic carbocycles. The van der Waals surface area contributed by atoms with Crippen molar-refractivity contribution in [2.75, 3.05) is 0 Å². The molecule has 1 saturated carbocycles. The standard InChI is InChI=1S/C25H28Cl4N2O2/c1-2-23(25(33)30-19-6-4-3-5-7-19)31(15-16-8-11-20(27)22(29)12-16)24(32)13-17-9-10-18(26)14-21(17)28/h8-12,14,19,23H,2-7,13,15H2,1H3,(H,30,33)/t23-/m1/s1. The molecule has 1 aliphatic carbocycles. The zero-order valence-electron chi connectivity index (χ0n) is 18.6. The van der Waals surface area contributed by atoms with E-state index in [0.717, 1.165) is 31.2 Å². The lowest BCUT2D eigenvalue weighted by atomic mass is 9.95. The Labute approximate surface area is 215 Å². The van der Waals surface area contributed by atoms with Crippen LogP contribution in [0.1, 0.15) is 56.6 Å². The SMILES string of the molecule is CC[C@H](C(=O)NC1CCCCC1)N(Cc1ccc(Cl)c(Cl)c1)C(=O)Cc1ccc(Cl)cc1Cl. The molecule has 2 aromatic rings.